The molecule has 1 aliphatic rings. The van der Waals surface area contributed by atoms with Gasteiger partial charge >= 0.3 is 0 Å². The van der Waals surface area contributed by atoms with Gasteiger partial charge in [-0.25, -0.2) is 4.98 Å². The van der Waals surface area contributed by atoms with Crippen molar-refractivity contribution < 1.29 is 4.42 Å². The normalized spacial score (nSPS) is 12.3. The van der Waals surface area contributed by atoms with Crippen LogP contribution in [0.2, 0.25) is 0 Å². The predicted octanol–water partition coefficient (Wildman–Crippen LogP) is 10.9. The van der Waals surface area contributed by atoms with E-state index in [2.05, 4.69) is 95.9 Å². The average molecular weight is 589 g/mol. The number of hydrogen-bond acceptors (Lipinski definition) is 5. The van der Waals surface area contributed by atoms with E-state index >= 15 is 0 Å². The third kappa shape index (κ3) is 3.72. The summed E-state index contributed by atoms with van der Waals surface area (Å²) in [5.41, 5.74) is 7.88. The van der Waals surface area contributed by atoms with Crippen molar-refractivity contribution in [3.63, 3.8) is 0 Å². The molecule has 0 bridgehead atoms. The van der Waals surface area contributed by atoms with Crippen LogP contribution in [-0.2, 0) is 0 Å². The van der Waals surface area contributed by atoms with E-state index in [9.17, 15) is 0 Å². The monoisotopic (exact) mass is 588 g/mol. The Bertz CT molecular complexity index is 2650. The van der Waals surface area contributed by atoms with Crippen LogP contribution in [0.1, 0.15) is 0 Å². The fraction of sp³-hybridized carbons (Fsp3) is 0. The first-order valence-electron chi connectivity index (χ1n) is 15.4. The van der Waals surface area contributed by atoms with Gasteiger partial charge in [-0.2, -0.15) is 9.97 Å². The van der Waals surface area contributed by atoms with E-state index < -0.39 is 0 Å². The number of hydrogen-bond donors (Lipinski definition) is 0. The molecule has 5 heteroatoms. The van der Waals surface area contributed by atoms with Crippen LogP contribution in [0.4, 0.5) is 17.3 Å². The Labute approximate surface area is 264 Å². The summed E-state index contributed by atoms with van der Waals surface area (Å²) in [7, 11) is 0. The Hall–Kier alpha value is -6.33. The number of nitrogens with zero attached hydrogens (tertiary/aromatic N) is 4. The maximum Gasteiger partial charge on any atom is 0.238 e. The molecule has 0 unspecified atom stereocenters. The Morgan fingerprint density at radius 2 is 1.13 bits per heavy atom. The predicted molar refractivity (Wildman–Crippen MR) is 187 cm³/mol. The summed E-state index contributed by atoms with van der Waals surface area (Å²) in [5, 5.41) is 6.86. The van der Waals surface area contributed by atoms with Crippen LogP contribution in [0.15, 0.2) is 150 Å². The first kappa shape index (κ1) is 25.0. The summed E-state index contributed by atoms with van der Waals surface area (Å²) >= 11 is 0. The van der Waals surface area contributed by atoms with Gasteiger partial charge in [0.15, 0.2) is 11.6 Å². The lowest BCUT2D eigenvalue weighted by Gasteiger charge is -2.32. The van der Waals surface area contributed by atoms with Crippen LogP contribution in [0.25, 0.3) is 77.4 Å². The maximum absolute atomic E-state index is 6.26. The van der Waals surface area contributed by atoms with Gasteiger partial charge in [0.05, 0.1) is 11.4 Å². The lowest BCUT2D eigenvalue weighted by Crippen LogP contribution is -2.18. The molecule has 214 valence electrons. The first-order chi connectivity index (χ1) is 22.8. The van der Waals surface area contributed by atoms with Crippen molar-refractivity contribution >= 4 is 60.8 Å². The molecule has 0 saturated heterocycles. The number of anilines is 3. The molecule has 46 heavy (non-hydrogen) atoms. The average Bonchev–Trinajstić information content (AvgIpc) is 3.49. The summed E-state index contributed by atoms with van der Waals surface area (Å²) in [5.74, 6) is 1.75. The third-order valence-electron chi connectivity index (χ3n) is 9.01. The highest BCUT2D eigenvalue weighted by Crippen LogP contribution is 2.51. The molecule has 0 radical (unpaired) electrons. The van der Waals surface area contributed by atoms with E-state index in [-0.39, 0.29) is 0 Å². The summed E-state index contributed by atoms with van der Waals surface area (Å²) in [6, 6.07) is 50.5. The number of benzene rings is 7. The first-order valence-corrected chi connectivity index (χ1v) is 15.4. The summed E-state index contributed by atoms with van der Waals surface area (Å²) in [6.45, 7) is 0. The number of aromatic nitrogens is 3. The van der Waals surface area contributed by atoms with E-state index in [0.29, 0.717) is 17.6 Å². The molecule has 2 aromatic heterocycles. The van der Waals surface area contributed by atoms with Crippen molar-refractivity contribution in [3.8, 4) is 33.9 Å². The van der Waals surface area contributed by atoms with E-state index in [1.54, 1.807) is 0 Å². The van der Waals surface area contributed by atoms with Crippen molar-refractivity contribution in [1.82, 2.24) is 15.0 Å². The quantitative estimate of drug-likeness (QED) is 0.205. The van der Waals surface area contributed by atoms with Gasteiger partial charge in [0.2, 0.25) is 5.95 Å². The van der Waals surface area contributed by atoms with Crippen LogP contribution in [0, 0.1) is 0 Å². The van der Waals surface area contributed by atoms with Crippen LogP contribution in [0.5, 0.6) is 0 Å². The van der Waals surface area contributed by atoms with E-state index in [4.69, 9.17) is 19.4 Å². The van der Waals surface area contributed by atoms with Gasteiger partial charge < -0.3 is 4.42 Å². The lowest BCUT2D eigenvalue weighted by molar-refractivity contribution is 0.669. The van der Waals surface area contributed by atoms with Crippen molar-refractivity contribution in [2.45, 2.75) is 0 Å². The molecule has 0 aliphatic carbocycles. The van der Waals surface area contributed by atoms with Crippen LogP contribution in [0.3, 0.4) is 0 Å². The fourth-order valence-corrected chi connectivity index (χ4v) is 6.88. The summed E-state index contributed by atoms with van der Waals surface area (Å²) in [6.07, 6.45) is 0. The minimum absolute atomic E-state index is 0.562. The van der Waals surface area contributed by atoms with E-state index in [0.717, 1.165) is 55.4 Å². The number of para-hydroxylation sites is 1. The highest BCUT2D eigenvalue weighted by molar-refractivity contribution is 6.15. The molecule has 0 spiro atoms. The molecule has 0 fully saturated rings. The van der Waals surface area contributed by atoms with Gasteiger partial charge in [-0.05, 0) is 58.1 Å². The Kier molecular flexibility index (Phi) is 5.22. The highest BCUT2D eigenvalue weighted by Gasteiger charge is 2.29. The van der Waals surface area contributed by atoms with Gasteiger partial charge in [-0.3, -0.25) is 4.90 Å². The molecule has 3 heterocycles. The van der Waals surface area contributed by atoms with Gasteiger partial charge in [-0.15, -0.1) is 0 Å². The van der Waals surface area contributed by atoms with Crippen LogP contribution in [-0.4, -0.2) is 15.0 Å². The molecule has 5 nitrogen and oxygen atoms in total. The minimum atomic E-state index is 0.562. The van der Waals surface area contributed by atoms with Gasteiger partial charge in [0.25, 0.3) is 0 Å². The van der Waals surface area contributed by atoms with Gasteiger partial charge in [-0.1, -0.05) is 109 Å². The molecule has 9 aromatic rings. The lowest BCUT2D eigenvalue weighted by atomic mass is 9.90. The van der Waals surface area contributed by atoms with Gasteiger partial charge in [0, 0.05) is 32.8 Å². The minimum Gasteiger partial charge on any atom is -0.456 e. The van der Waals surface area contributed by atoms with Crippen molar-refractivity contribution in [2.24, 2.45) is 0 Å². The third-order valence-corrected chi connectivity index (χ3v) is 9.01. The zero-order chi connectivity index (χ0) is 30.2. The summed E-state index contributed by atoms with van der Waals surface area (Å²) in [4.78, 5) is 17.6. The maximum atomic E-state index is 6.26. The second-order valence-electron chi connectivity index (χ2n) is 11.7. The fourth-order valence-electron chi connectivity index (χ4n) is 6.88. The molecule has 0 amide bonds. The smallest absolute Gasteiger partial charge is 0.238 e. The summed E-state index contributed by atoms with van der Waals surface area (Å²) < 4.78 is 6.26. The van der Waals surface area contributed by atoms with Crippen LogP contribution < -0.4 is 4.90 Å². The molecule has 0 atom stereocenters. The Balaban J connectivity index is 1.26. The highest BCUT2D eigenvalue weighted by atomic mass is 16.3. The SMILES string of the molecule is c1ccc(-c2nc(-c3ccc4c(c3)oc3ccccc34)nc(N3c4cc5ccccc5cc4-c4cccc5cccc3c45)n2)cc1. The van der Waals surface area contributed by atoms with E-state index in [1.165, 1.54) is 21.7 Å². The Morgan fingerprint density at radius 3 is 2.00 bits per heavy atom. The van der Waals surface area contributed by atoms with Crippen molar-refractivity contribution in [2.75, 3.05) is 4.90 Å². The second-order valence-corrected chi connectivity index (χ2v) is 11.7. The number of rotatable bonds is 3. The van der Waals surface area contributed by atoms with E-state index in [1.807, 2.05) is 54.6 Å². The Morgan fingerprint density at radius 1 is 0.435 bits per heavy atom. The van der Waals surface area contributed by atoms with Crippen molar-refractivity contribution in [3.05, 3.63) is 146 Å². The van der Waals surface area contributed by atoms with Crippen LogP contribution >= 0.6 is 0 Å². The topological polar surface area (TPSA) is 55.1 Å². The number of furan rings is 1. The molecular weight excluding hydrogens is 564 g/mol. The molecule has 0 N–H and O–H groups in total. The second kappa shape index (κ2) is 9.58. The standard InChI is InChI=1S/C41H24N4O/c1-2-10-26(11-3-1)39-42-40(29-20-21-31-30-16-6-7-19-36(30)46-37(31)24-29)44-41(43-39)45-34-18-9-15-25-14-8-17-32(38(25)34)33-22-27-12-4-5-13-28(27)23-35(33)45/h1-24H. The number of fused-ring (bicyclic) bond motifs is 6. The van der Waals surface area contributed by atoms with Crippen molar-refractivity contribution in [1.29, 1.82) is 0 Å². The largest absolute Gasteiger partial charge is 0.456 e. The molecule has 0 saturated carbocycles. The molecular formula is C41H24N4O. The molecule has 10 rings (SSSR count). The van der Waals surface area contributed by atoms with Gasteiger partial charge in [0.1, 0.15) is 11.2 Å². The molecule has 7 aromatic carbocycles. The zero-order valence-electron chi connectivity index (χ0n) is 24.6. The molecule has 1 aliphatic heterocycles. The zero-order valence-corrected chi connectivity index (χ0v) is 24.6.